The fraction of sp³-hybridized carbons (Fsp3) is 0.214. The molecule has 1 rings (SSSR count). The summed E-state index contributed by atoms with van der Waals surface area (Å²) in [5, 5.41) is 20.2. The Kier molecular flexibility index (Phi) is 5.13. The van der Waals surface area contributed by atoms with Gasteiger partial charge in [-0.2, -0.15) is 10.5 Å². The van der Waals surface area contributed by atoms with Crippen LogP contribution in [0.5, 0.6) is 0 Å². The van der Waals surface area contributed by atoms with Crippen LogP contribution in [0, 0.1) is 22.7 Å². The first-order valence-corrected chi connectivity index (χ1v) is 5.63. The Balaban J connectivity index is 2.92. The third-order valence-electron chi connectivity index (χ3n) is 2.47. The van der Waals surface area contributed by atoms with E-state index in [0.29, 0.717) is 5.69 Å². The standard InChI is InChI=1S/C14H14N4O/c1-18(2)14(19)7-12-5-3-4-6-13(12)17-10-11(8-15)9-16/h3-6,10,17H,7H2,1-2H3. The van der Waals surface area contributed by atoms with Crippen molar-refractivity contribution < 1.29 is 4.79 Å². The molecule has 0 unspecified atom stereocenters. The lowest BCUT2D eigenvalue weighted by Crippen LogP contribution is -2.23. The summed E-state index contributed by atoms with van der Waals surface area (Å²) < 4.78 is 0. The number of para-hydroxylation sites is 1. The predicted molar refractivity (Wildman–Crippen MR) is 71.8 cm³/mol. The quantitative estimate of drug-likeness (QED) is 0.829. The van der Waals surface area contributed by atoms with E-state index in [1.807, 2.05) is 18.2 Å². The fourth-order valence-electron chi connectivity index (χ4n) is 1.38. The number of hydrogen-bond acceptors (Lipinski definition) is 4. The smallest absolute Gasteiger partial charge is 0.226 e. The predicted octanol–water partition coefficient (Wildman–Crippen LogP) is 1.66. The molecular formula is C14H14N4O. The zero-order valence-electron chi connectivity index (χ0n) is 10.8. The van der Waals surface area contributed by atoms with Crippen LogP contribution in [0.25, 0.3) is 0 Å². The van der Waals surface area contributed by atoms with Gasteiger partial charge in [-0.05, 0) is 11.6 Å². The summed E-state index contributed by atoms with van der Waals surface area (Å²) in [6, 6.07) is 10.8. The average molecular weight is 254 g/mol. The third-order valence-corrected chi connectivity index (χ3v) is 2.47. The highest BCUT2D eigenvalue weighted by Gasteiger charge is 2.08. The molecule has 5 nitrogen and oxygen atoms in total. The summed E-state index contributed by atoms with van der Waals surface area (Å²) in [5.74, 6) is -0.0148. The van der Waals surface area contributed by atoms with E-state index < -0.39 is 0 Å². The van der Waals surface area contributed by atoms with E-state index >= 15 is 0 Å². The van der Waals surface area contributed by atoms with Gasteiger partial charge in [0.2, 0.25) is 5.91 Å². The number of nitrogens with zero attached hydrogens (tertiary/aromatic N) is 3. The minimum absolute atomic E-state index is 0.0148. The molecule has 0 atom stereocenters. The van der Waals surface area contributed by atoms with Gasteiger partial charge in [-0.15, -0.1) is 0 Å². The van der Waals surface area contributed by atoms with Gasteiger partial charge in [-0.3, -0.25) is 4.79 Å². The normalized spacial score (nSPS) is 8.84. The Morgan fingerprint density at radius 2 is 1.95 bits per heavy atom. The second-order valence-electron chi connectivity index (χ2n) is 4.05. The molecule has 0 spiro atoms. The molecule has 0 bridgehead atoms. The van der Waals surface area contributed by atoms with E-state index in [1.165, 1.54) is 11.1 Å². The molecule has 5 heteroatoms. The van der Waals surface area contributed by atoms with Gasteiger partial charge >= 0.3 is 0 Å². The van der Waals surface area contributed by atoms with E-state index in [1.54, 1.807) is 32.3 Å². The highest BCUT2D eigenvalue weighted by Crippen LogP contribution is 2.16. The van der Waals surface area contributed by atoms with Crippen molar-refractivity contribution >= 4 is 11.6 Å². The minimum Gasteiger partial charge on any atom is -0.360 e. The van der Waals surface area contributed by atoms with Crippen molar-refractivity contribution in [1.82, 2.24) is 4.90 Å². The summed E-state index contributed by atoms with van der Waals surface area (Å²) in [4.78, 5) is 13.2. The van der Waals surface area contributed by atoms with Gasteiger partial charge in [-0.25, -0.2) is 0 Å². The molecular weight excluding hydrogens is 240 g/mol. The van der Waals surface area contributed by atoms with E-state index in [4.69, 9.17) is 10.5 Å². The van der Waals surface area contributed by atoms with Crippen LogP contribution in [-0.2, 0) is 11.2 Å². The summed E-state index contributed by atoms with van der Waals surface area (Å²) in [7, 11) is 3.39. The number of anilines is 1. The van der Waals surface area contributed by atoms with Crippen molar-refractivity contribution in [3.63, 3.8) is 0 Å². The largest absolute Gasteiger partial charge is 0.360 e. The number of carbonyl (C=O) groups is 1. The van der Waals surface area contributed by atoms with Crippen LogP contribution in [0.4, 0.5) is 5.69 Å². The van der Waals surface area contributed by atoms with Gasteiger partial charge in [0.05, 0.1) is 6.42 Å². The van der Waals surface area contributed by atoms with Crippen molar-refractivity contribution in [2.24, 2.45) is 0 Å². The Hall–Kier alpha value is -2.79. The maximum Gasteiger partial charge on any atom is 0.226 e. The van der Waals surface area contributed by atoms with E-state index in [9.17, 15) is 4.79 Å². The van der Waals surface area contributed by atoms with Crippen LogP contribution in [0.15, 0.2) is 36.0 Å². The number of rotatable bonds is 4. The van der Waals surface area contributed by atoms with Crippen LogP contribution >= 0.6 is 0 Å². The van der Waals surface area contributed by atoms with Crippen LogP contribution in [0.2, 0.25) is 0 Å². The molecule has 0 heterocycles. The lowest BCUT2D eigenvalue weighted by Gasteiger charge is -2.13. The van der Waals surface area contributed by atoms with Crippen molar-refractivity contribution in [1.29, 1.82) is 10.5 Å². The molecule has 0 saturated heterocycles. The van der Waals surface area contributed by atoms with Crippen LogP contribution in [0.3, 0.4) is 0 Å². The number of nitrogens with one attached hydrogen (secondary N) is 1. The number of benzene rings is 1. The molecule has 0 aliphatic rings. The number of likely N-dealkylation sites (N-methyl/N-ethyl adjacent to an activating group) is 1. The Morgan fingerprint density at radius 1 is 1.32 bits per heavy atom. The topological polar surface area (TPSA) is 79.9 Å². The monoisotopic (exact) mass is 254 g/mol. The molecule has 0 aliphatic carbocycles. The maximum absolute atomic E-state index is 11.7. The Bertz CT molecular complexity index is 560. The maximum atomic E-state index is 11.7. The second kappa shape index (κ2) is 6.83. The van der Waals surface area contributed by atoms with E-state index in [2.05, 4.69) is 5.32 Å². The van der Waals surface area contributed by atoms with Gasteiger partial charge in [0, 0.05) is 26.0 Å². The number of carbonyl (C=O) groups excluding carboxylic acids is 1. The molecule has 96 valence electrons. The number of allylic oxidation sites excluding steroid dienone is 1. The van der Waals surface area contributed by atoms with Gasteiger partial charge < -0.3 is 10.2 Å². The molecule has 19 heavy (non-hydrogen) atoms. The summed E-state index contributed by atoms with van der Waals surface area (Å²) >= 11 is 0. The molecule has 1 aromatic carbocycles. The van der Waals surface area contributed by atoms with E-state index in [0.717, 1.165) is 5.56 Å². The fourth-order valence-corrected chi connectivity index (χ4v) is 1.38. The molecule has 0 saturated carbocycles. The highest BCUT2D eigenvalue weighted by molar-refractivity contribution is 5.80. The molecule has 1 aromatic rings. The van der Waals surface area contributed by atoms with Gasteiger partial charge in [0.25, 0.3) is 0 Å². The van der Waals surface area contributed by atoms with Crippen molar-refractivity contribution in [3.05, 3.63) is 41.6 Å². The lowest BCUT2D eigenvalue weighted by atomic mass is 10.1. The Morgan fingerprint density at radius 3 is 2.53 bits per heavy atom. The third kappa shape index (κ3) is 4.18. The number of nitriles is 2. The van der Waals surface area contributed by atoms with Crippen molar-refractivity contribution in [3.8, 4) is 12.1 Å². The van der Waals surface area contributed by atoms with Gasteiger partial charge in [-0.1, -0.05) is 18.2 Å². The van der Waals surface area contributed by atoms with Crippen LogP contribution in [-0.4, -0.2) is 24.9 Å². The lowest BCUT2D eigenvalue weighted by molar-refractivity contribution is -0.127. The number of amides is 1. The first-order valence-electron chi connectivity index (χ1n) is 5.63. The molecule has 0 radical (unpaired) electrons. The summed E-state index contributed by atoms with van der Waals surface area (Å²) in [6.07, 6.45) is 1.59. The summed E-state index contributed by atoms with van der Waals surface area (Å²) in [5.41, 5.74) is 1.50. The highest BCUT2D eigenvalue weighted by atomic mass is 16.2. The first kappa shape index (κ1) is 14.3. The van der Waals surface area contributed by atoms with Crippen LogP contribution in [0.1, 0.15) is 5.56 Å². The molecule has 1 amide bonds. The Labute approximate surface area is 112 Å². The van der Waals surface area contributed by atoms with Gasteiger partial charge in [0.15, 0.2) is 0 Å². The summed E-state index contributed by atoms with van der Waals surface area (Å²) in [6.45, 7) is 0. The molecule has 0 aromatic heterocycles. The van der Waals surface area contributed by atoms with Crippen molar-refractivity contribution in [2.45, 2.75) is 6.42 Å². The average Bonchev–Trinajstić information content (AvgIpc) is 2.41. The number of hydrogen-bond donors (Lipinski definition) is 1. The van der Waals surface area contributed by atoms with E-state index in [-0.39, 0.29) is 17.9 Å². The molecule has 0 fully saturated rings. The second-order valence-corrected chi connectivity index (χ2v) is 4.05. The minimum atomic E-state index is -0.0197. The SMILES string of the molecule is CN(C)C(=O)Cc1ccccc1NC=C(C#N)C#N. The first-order chi connectivity index (χ1) is 9.08. The zero-order valence-corrected chi connectivity index (χ0v) is 10.8. The van der Waals surface area contributed by atoms with Crippen molar-refractivity contribution in [2.75, 3.05) is 19.4 Å². The van der Waals surface area contributed by atoms with Gasteiger partial charge in [0.1, 0.15) is 17.7 Å². The molecule has 1 N–H and O–H groups in total. The molecule has 0 aliphatic heterocycles. The van der Waals surface area contributed by atoms with Crippen LogP contribution < -0.4 is 5.32 Å². The zero-order chi connectivity index (χ0) is 14.3.